The topological polar surface area (TPSA) is 0 Å². The van der Waals surface area contributed by atoms with E-state index in [1.54, 1.807) is 0 Å². The zero-order chi connectivity index (χ0) is 22.8. The Morgan fingerprint density at radius 3 is 1.56 bits per heavy atom. The van der Waals surface area contributed by atoms with Crippen molar-refractivity contribution in [1.29, 1.82) is 0 Å². The molecule has 7 aromatic rings. The number of aryl methyl sites for hydroxylation is 2. The summed E-state index contributed by atoms with van der Waals surface area (Å²) in [5, 5.41) is 10.5. The van der Waals surface area contributed by atoms with Gasteiger partial charge in [0.25, 0.3) is 0 Å². The van der Waals surface area contributed by atoms with E-state index in [1.807, 2.05) is 0 Å². The largest absolute Gasteiger partial charge is 0.0616 e. The van der Waals surface area contributed by atoms with Crippen molar-refractivity contribution in [3.8, 4) is 22.3 Å². The Balaban J connectivity index is 1.54. The molecule has 7 rings (SSSR count). The van der Waals surface area contributed by atoms with Gasteiger partial charge in [0.15, 0.2) is 0 Å². The first-order chi connectivity index (χ1) is 16.7. The molecule has 0 N–H and O–H groups in total. The quantitative estimate of drug-likeness (QED) is 0.239. The Morgan fingerprint density at radius 2 is 0.912 bits per heavy atom. The van der Waals surface area contributed by atoms with Crippen LogP contribution in [0, 0.1) is 13.8 Å². The van der Waals surface area contributed by atoms with Crippen LogP contribution in [0.3, 0.4) is 0 Å². The minimum Gasteiger partial charge on any atom is -0.0616 e. The minimum absolute atomic E-state index is 1.27. The zero-order valence-corrected chi connectivity index (χ0v) is 19.4. The normalized spacial score (nSPS) is 11.8. The first-order valence-electron chi connectivity index (χ1n) is 11.9. The van der Waals surface area contributed by atoms with Crippen molar-refractivity contribution in [2.75, 3.05) is 0 Å². The second-order valence-corrected chi connectivity index (χ2v) is 9.51. The van der Waals surface area contributed by atoms with E-state index in [9.17, 15) is 0 Å². The predicted octanol–water partition coefficient (Wildman–Crippen LogP) is 9.69. The first-order valence-corrected chi connectivity index (χ1v) is 11.9. The summed E-state index contributed by atoms with van der Waals surface area (Å²) in [6.07, 6.45) is 0. The summed E-state index contributed by atoms with van der Waals surface area (Å²) in [5.74, 6) is 0. The highest BCUT2D eigenvalue weighted by Crippen LogP contribution is 2.42. The van der Waals surface area contributed by atoms with Gasteiger partial charge >= 0.3 is 0 Å². The van der Waals surface area contributed by atoms with Crippen molar-refractivity contribution in [3.05, 3.63) is 120 Å². The van der Waals surface area contributed by atoms with E-state index in [4.69, 9.17) is 0 Å². The number of hydrogen-bond acceptors (Lipinski definition) is 0. The van der Waals surface area contributed by atoms with Gasteiger partial charge in [0, 0.05) is 0 Å². The average Bonchev–Trinajstić information content (AvgIpc) is 2.88. The van der Waals surface area contributed by atoms with E-state index >= 15 is 0 Å². The molecule has 0 radical (unpaired) electrons. The number of fused-ring (bicyclic) bond motifs is 1. The van der Waals surface area contributed by atoms with Gasteiger partial charge in [-0.2, -0.15) is 0 Å². The van der Waals surface area contributed by atoms with Gasteiger partial charge < -0.3 is 0 Å². The van der Waals surface area contributed by atoms with Gasteiger partial charge in [-0.25, -0.2) is 0 Å². The molecule has 0 saturated heterocycles. The van der Waals surface area contributed by atoms with Crippen LogP contribution in [0.15, 0.2) is 109 Å². The molecule has 0 aliphatic rings. The van der Waals surface area contributed by atoms with Crippen molar-refractivity contribution < 1.29 is 0 Å². The van der Waals surface area contributed by atoms with Crippen LogP contribution in [-0.4, -0.2) is 0 Å². The fourth-order valence-electron chi connectivity index (χ4n) is 5.57. The number of hydrogen-bond donors (Lipinski definition) is 0. The van der Waals surface area contributed by atoms with E-state index in [-0.39, 0.29) is 0 Å². The second kappa shape index (κ2) is 7.17. The second-order valence-electron chi connectivity index (χ2n) is 9.51. The Bertz CT molecular complexity index is 1870. The van der Waals surface area contributed by atoms with Gasteiger partial charge in [-0.05, 0) is 96.4 Å². The van der Waals surface area contributed by atoms with E-state index in [0.717, 1.165) is 0 Å². The van der Waals surface area contributed by atoms with Crippen molar-refractivity contribution in [3.63, 3.8) is 0 Å². The Hall–Kier alpha value is -4.16. The van der Waals surface area contributed by atoms with Crippen LogP contribution >= 0.6 is 0 Å². The summed E-state index contributed by atoms with van der Waals surface area (Å²) >= 11 is 0. The third-order valence-electron chi connectivity index (χ3n) is 7.54. The maximum atomic E-state index is 2.32. The maximum Gasteiger partial charge on any atom is -0.00203 e. The standard InChI is InChI=1S/C34H24/c1-21-7-8-27(19-22(21)2)29-15-11-24-14-18-32-30(16-12-25-13-17-31(29)33(24)34(25)32)28-10-9-23-5-3-4-6-26(23)20-28/h3-20H,1-2H3. The lowest BCUT2D eigenvalue weighted by molar-refractivity contribution is 1.34. The van der Waals surface area contributed by atoms with Gasteiger partial charge in [0.2, 0.25) is 0 Å². The van der Waals surface area contributed by atoms with Gasteiger partial charge in [-0.1, -0.05) is 103 Å². The molecule has 0 aliphatic carbocycles. The van der Waals surface area contributed by atoms with Crippen molar-refractivity contribution in [2.45, 2.75) is 13.8 Å². The molecule has 34 heavy (non-hydrogen) atoms. The lowest BCUT2D eigenvalue weighted by Gasteiger charge is -2.17. The van der Waals surface area contributed by atoms with Gasteiger partial charge in [0.05, 0.1) is 0 Å². The zero-order valence-electron chi connectivity index (χ0n) is 19.4. The smallest absolute Gasteiger partial charge is 0.00203 e. The Kier molecular flexibility index (Phi) is 4.07. The van der Waals surface area contributed by atoms with Crippen LogP contribution in [0.5, 0.6) is 0 Å². The molecule has 160 valence electrons. The first kappa shape index (κ1) is 19.3. The van der Waals surface area contributed by atoms with Gasteiger partial charge in [0.1, 0.15) is 0 Å². The summed E-state index contributed by atoms with van der Waals surface area (Å²) in [6, 6.07) is 40.6. The maximum absolute atomic E-state index is 2.32. The molecule has 0 spiro atoms. The highest BCUT2D eigenvalue weighted by molar-refractivity contribution is 6.27. The summed E-state index contributed by atoms with van der Waals surface area (Å²) in [7, 11) is 0. The Morgan fingerprint density at radius 1 is 0.382 bits per heavy atom. The van der Waals surface area contributed by atoms with Crippen LogP contribution in [0.4, 0.5) is 0 Å². The Labute approximate surface area is 199 Å². The van der Waals surface area contributed by atoms with E-state index in [1.165, 1.54) is 76.5 Å². The van der Waals surface area contributed by atoms with Crippen LogP contribution in [0.1, 0.15) is 11.1 Å². The lowest BCUT2D eigenvalue weighted by atomic mass is 9.86. The van der Waals surface area contributed by atoms with E-state index in [2.05, 4.69) is 123 Å². The third-order valence-corrected chi connectivity index (χ3v) is 7.54. The van der Waals surface area contributed by atoms with Crippen LogP contribution in [0.25, 0.3) is 65.3 Å². The fraction of sp³-hybridized carbons (Fsp3) is 0.0588. The molecule has 0 aromatic heterocycles. The van der Waals surface area contributed by atoms with Crippen molar-refractivity contribution in [1.82, 2.24) is 0 Å². The molecule has 0 aliphatic heterocycles. The summed E-state index contributed by atoms with van der Waals surface area (Å²) in [4.78, 5) is 0. The lowest BCUT2D eigenvalue weighted by Crippen LogP contribution is -1.90. The van der Waals surface area contributed by atoms with Crippen LogP contribution < -0.4 is 0 Å². The monoisotopic (exact) mass is 432 g/mol. The molecule has 0 bridgehead atoms. The molecule has 0 unspecified atom stereocenters. The molecule has 0 fully saturated rings. The highest BCUT2D eigenvalue weighted by Gasteiger charge is 2.15. The SMILES string of the molecule is Cc1ccc(-c2ccc3ccc4c(-c5ccc6ccccc6c5)ccc5ccc2c3c54)cc1C. The predicted molar refractivity (Wildman–Crippen MR) is 148 cm³/mol. The molecule has 0 atom stereocenters. The highest BCUT2D eigenvalue weighted by atomic mass is 14.2. The average molecular weight is 433 g/mol. The molecule has 0 saturated carbocycles. The molecule has 0 heteroatoms. The van der Waals surface area contributed by atoms with Crippen LogP contribution in [-0.2, 0) is 0 Å². The fourth-order valence-corrected chi connectivity index (χ4v) is 5.57. The third kappa shape index (κ3) is 2.79. The molecule has 7 aromatic carbocycles. The molecular weight excluding hydrogens is 408 g/mol. The number of rotatable bonds is 2. The summed E-state index contributed by atoms with van der Waals surface area (Å²) in [5.41, 5.74) is 7.83. The van der Waals surface area contributed by atoms with Gasteiger partial charge in [-0.3, -0.25) is 0 Å². The molecule has 0 nitrogen and oxygen atoms in total. The number of benzene rings is 7. The molecule has 0 heterocycles. The molecule has 0 amide bonds. The summed E-state index contributed by atoms with van der Waals surface area (Å²) < 4.78 is 0. The van der Waals surface area contributed by atoms with Crippen LogP contribution in [0.2, 0.25) is 0 Å². The van der Waals surface area contributed by atoms with E-state index < -0.39 is 0 Å². The minimum atomic E-state index is 1.27. The molecular formula is C34H24. The van der Waals surface area contributed by atoms with E-state index in [0.29, 0.717) is 0 Å². The van der Waals surface area contributed by atoms with Crippen molar-refractivity contribution in [2.24, 2.45) is 0 Å². The summed E-state index contributed by atoms with van der Waals surface area (Å²) in [6.45, 7) is 4.38. The van der Waals surface area contributed by atoms with Gasteiger partial charge in [-0.15, -0.1) is 0 Å². The van der Waals surface area contributed by atoms with Crippen molar-refractivity contribution >= 4 is 43.1 Å².